The van der Waals surface area contributed by atoms with Gasteiger partial charge in [-0.05, 0) is 25.6 Å². The zero-order valence-corrected chi connectivity index (χ0v) is 15.6. The van der Waals surface area contributed by atoms with E-state index in [0.717, 1.165) is 5.56 Å². The number of methoxy groups -OCH3 is 2. The standard InChI is InChI=1S/C19H23ClN2O3/c1-13(22(2)12-14-7-5-6-8-18(14)20)19(23)21-15-9-16(24-3)11-17(10-15)25-4/h5-11,13H,12H2,1-4H3,(H,21,23). The minimum atomic E-state index is -0.339. The number of anilines is 1. The predicted octanol–water partition coefficient (Wildman–Crippen LogP) is 3.82. The van der Waals surface area contributed by atoms with Crippen molar-refractivity contribution in [1.82, 2.24) is 4.90 Å². The van der Waals surface area contributed by atoms with Crippen LogP contribution in [0.4, 0.5) is 5.69 Å². The number of ether oxygens (including phenoxy) is 2. The molecule has 0 aliphatic heterocycles. The Labute approximate surface area is 153 Å². The van der Waals surface area contributed by atoms with Crippen LogP contribution in [-0.4, -0.2) is 38.1 Å². The van der Waals surface area contributed by atoms with Gasteiger partial charge in [0.2, 0.25) is 5.91 Å². The van der Waals surface area contributed by atoms with E-state index >= 15 is 0 Å². The van der Waals surface area contributed by atoms with Gasteiger partial charge in [0.05, 0.1) is 20.3 Å². The van der Waals surface area contributed by atoms with Gasteiger partial charge in [-0.1, -0.05) is 29.8 Å². The molecule has 0 aliphatic rings. The van der Waals surface area contributed by atoms with Crippen LogP contribution < -0.4 is 14.8 Å². The van der Waals surface area contributed by atoms with Crippen molar-refractivity contribution >= 4 is 23.2 Å². The molecule has 1 unspecified atom stereocenters. The normalized spacial score (nSPS) is 11.9. The molecule has 0 spiro atoms. The number of carbonyl (C=O) groups excluding carboxylic acids is 1. The molecule has 1 amide bonds. The van der Waals surface area contributed by atoms with Crippen LogP contribution in [0.3, 0.4) is 0 Å². The molecule has 0 fully saturated rings. The van der Waals surface area contributed by atoms with Crippen LogP contribution in [0.25, 0.3) is 0 Å². The average molecular weight is 363 g/mol. The zero-order chi connectivity index (χ0) is 18.4. The number of rotatable bonds is 7. The van der Waals surface area contributed by atoms with Crippen LogP contribution in [0.5, 0.6) is 11.5 Å². The highest BCUT2D eigenvalue weighted by Gasteiger charge is 2.19. The molecule has 0 bridgehead atoms. The molecule has 0 saturated heterocycles. The highest BCUT2D eigenvalue weighted by molar-refractivity contribution is 6.31. The SMILES string of the molecule is COc1cc(NC(=O)C(C)N(C)Cc2ccccc2Cl)cc(OC)c1. The van der Waals surface area contributed by atoms with E-state index in [1.165, 1.54) is 0 Å². The number of carbonyl (C=O) groups is 1. The summed E-state index contributed by atoms with van der Waals surface area (Å²) in [5.41, 5.74) is 1.61. The molecule has 0 heterocycles. The van der Waals surface area contributed by atoms with E-state index in [4.69, 9.17) is 21.1 Å². The second kappa shape index (κ2) is 8.74. The number of hydrogen-bond acceptors (Lipinski definition) is 4. The highest BCUT2D eigenvalue weighted by atomic mass is 35.5. The monoisotopic (exact) mass is 362 g/mol. The van der Waals surface area contributed by atoms with Crippen molar-refractivity contribution in [2.24, 2.45) is 0 Å². The minimum Gasteiger partial charge on any atom is -0.497 e. The van der Waals surface area contributed by atoms with Gasteiger partial charge in [0.15, 0.2) is 0 Å². The van der Waals surface area contributed by atoms with Crippen molar-refractivity contribution in [3.8, 4) is 11.5 Å². The Kier molecular flexibility index (Phi) is 6.67. The van der Waals surface area contributed by atoms with Crippen molar-refractivity contribution in [3.05, 3.63) is 53.1 Å². The molecular weight excluding hydrogens is 340 g/mol. The van der Waals surface area contributed by atoms with E-state index in [1.54, 1.807) is 32.4 Å². The van der Waals surface area contributed by atoms with Crippen molar-refractivity contribution in [2.45, 2.75) is 19.5 Å². The van der Waals surface area contributed by atoms with E-state index in [0.29, 0.717) is 28.8 Å². The van der Waals surface area contributed by atoms with E-state index in [2.05, 4.69) is 5.32 Å². The largest absolute Gasteiger partial charge is 0.497 e. The first-order chi connectivity index (χ1) is 11.9. The lowest BCUT2D eigenvalue weighted by Crippen LogP contribution is -2.39. The minimum absolute atomic E-state index is 0.121. The third-order valence-electron chi connectivity index (χ3n) is 4.04. The summed E-state index contributed by atoms with van der Waals surface area (Å²) in [4.78, 5) is 14.5. The summed E-state index contributed by atoms with van der Waals surface area (Å²) in [5, 5.41) is 3.59. The Morgan fingerprint density at radius 1 is 1.16 bits per heavy atom. The van der Waals surface area contributed by atoms with Crippen molar-refractivity contribution in [1.29, 1.82) is 0 Å². The number of nitrogens with zero attached hydrogens (tertiary/aromatic N) is 1. The second-order valence-electron chi connectivity index (χ2n) is 5.77. The first-order valence-corrected chi connectivity index (χ1v) is 8.30. The molecule has 2 rings (SSSR count). The first-order valence-electron chi connectivity index (χ1n) is 7.92. The predicted molar refractivity (Wildman–Crippen MR) is 101 cm³/mol. The van der Waals surface area contributed by atoms with E-state index in [-0.39, 0.29) is 11.9 Å². The van der Waals surface area contributed by atoms with Crippen LogP contribution in [0, 0.1) is 0 Å². The Morgan fingerprint density at radius 2 is 1.76 bits per heavy atom. The Hall–Kier alpha value is -2.24. The number of nitrogens with one attached hydrogen (secondary N) is 1. The van der Waals surface area contributed by atoms with Gasteiger partial charge in [0, 0.05) is 35.5 Å². The van der Waals surface area contributed by atoms with Gasteiger partial charge in [0.1, 0.15) is 11.5 Å². The Balaban J connectivity index is 2.05. The van der Waals surface area contributed by atoms with Gasteiger partial charge in [-0.3, -0.25) is 9.69 Å². The summed E-state index contributed by atoms with van der Waals surface area (Å²) in [6, 6.07) is 12.5. The van der Waals surface area contributed by atoms with E-state index < -0.39 is 0 Å². The molecule has 5 nitrogen and oxygen atoms in total. The summed E-state index contributed by atoms with van der Waals surface area (Å²) in [6.07, 6.45) is 0. The number of hydrogen-bond donors (Lipinski definition) is 1. The quantitative estimate of drug-likeness (QED) is 0.813. The lowest BCUT2D eigenvalue weighted by molar-refractivity contribution is -0.120. The maximum absolute atomic E-state index is 12.6. The molecule has 2 aromatic rings. The van der Waals surface area contributed by atoms with Gasteiger partial charge < -0.3 is 14.8 Å². The van der Waals surface area contributed by atoms with Crippen LogP contribution in [-0.2, 0) is 11.3 Å². The van der Waals surface area contributed by atoms with Gasteiger partial charge in [-0.15, -0.1) is 0 Å². The molecule has 25 heavy (non-hydrogen) atoms. The first kappa shape index (κ1) is 19.1. The number of halogens is 1. The van der Waals surface area contributed by atoms with Crippen molar-refractivity contribution in [2.75, 3.05) is 26.6 Å². The number of amides is 1. The lowest BCUT2D eigenvalue weighted by atomic mass is 10.2. The fourth-order valence-corrected chi connectivity index (χ4v) is 2.55. The summed E-state index contributed by atoms with van der Waals surface area (Å²) < 4.78 is 10.4. The van der Waals surface area contributed by atoms with Gasteiger partial charge in [-0.25, -0.2) is 0 Å². The molecule has 134 valence electrons. The molecule has 0 saturated carbocycles. The third kappa shape index (κ3) is 5.11. The molecule has 0 radical (unpaired) electrons. The summed E-state index contributed by atoms with van der Waals surface area (Å²) in [7, 11) is 5.03. The summed E-state index contributed by atoms with van der Waals surface area (Å²) >= 11 is 6.19. The summed E-state index contributed by atoms with van der Waals surface area (Å²) in [6.45, 7) is 2.43. The van der Waals surface area contributed by atoms with Crippen LogP contribution in [0.1, 0.15) is 12.5 Å². The van der Waals surface area contributed by atoms with Crippen LogP contribution in [0.2, 0.25) is 5.02 Å². The van der Waals surface area contributed by atoms with Gasteiger partial charge >= 0.3 is 0 Å². The van der Waals surface area contributed by atoms with Crippen molar-refractivity contribution < 1.29 is 14.3 Å². The molecular formula is C19H23ClN2O3. The fourth-order valence-electron chi connectivity index (χ4n) is 2.36. The zero-order valence-electron chi connectivity index (χ0n) is 14.9. The smallest absolute Gasteiger partial charge is 0.241 e. The molecule has 6 heteroatoms. The van der Waals surface area contributed by atoms with E-state index in [1.807, 2.05) is 43.1 Å². The van der Waals surface area contributed by atoms with Crippen LogP contribution >= 0.6 is 11.6 Å². The summed E-state index contributed by atoms with van der Waals surface area (Å²) in [5.74, 6) is 1.11. The second-order valence-corrected chi connectivity index (χ2v) is 6.18. The average Bonchev–Trinajstić information content (AvgIpc) is 2.62. The lowest BCUT2D eigenvalue weighted by Gasteiger charge is -2.24. The Morgan fingerprint density at radius 3 is 2.32 bits per heavy atom. The number of benzene rings is 2. The number of likely N-dealkylation sites (N-methyl/N-ethyl adjacent to an activating group) is 1. The third-order valence-corrected chi connectivity index (χ3v) is 4.41. The van der Waals surface area contributed by atoms with Gasteiger partial charge in [-0.2, -0.15) is 0 Å². The molecule has 0 aromatic heterocycles. The van der Waals surface area contributed by atoms with Crippen LogP contribution in [0.15, 0.2) is 42.5 Å². The Bertz CT molecular complexity index is 714. The molecule has 1 atom stereocenters. The van der Waals surface area contributed by atoms with E-state index in [9.17, 15) is 4.79 Å². The van der Waals surface area contributed by atoms with Crippen molar-refractivity contribution in [3.63, 3.8) is 0 Å². The molecule has 2 aromatic carbocycles. The maximum atomic E-state index is 12.6. The van der Waals surface area contributed by atoms with Gasteiger partial charge in [0.25, 0.3) is 0 Å². The highest BCUT2D eigenvalue weighted by Crippen LogP contribution is 2.26. The topological polar surface area (TPSA) is 50.8 Å². The maximum Gasteiger partial charge on any atom is 0.241 e. The molecule has 1 N–H and O–H groups in total. The molecule has 0 aliphatic carbocycles. The fraction of sp³-hybridized carbons (Fsp3) is 0.316.